The van der Waals surface area contributed by atoms with Crippen LogP contribution in [0, 0.1) is 5.92 Å². The number of nitrogens with zero attached hydrogens (tertiary/aromatic N) is 2. The summed E-state index contributed by atoms with van der Waals surface area (Å²) in [6.07, 6.45) is 1.05. The van der Waals surface area contributed by atoms with Crippen molar-refractivity contribution < 1.29 is 4.74 Å². The summed E-state index contributed by atoms with van der Waals surface area (Å²) in [5.74, 6) is 1.38. The van der Waals surface area contributed by atoms with Gasteiger partial charge in [0.05, 0.1) is 23.7 Å². The minimum Gasteiger partial charge on any atom is -0.383 e. The molecule has 0 aliphatic carbocycles. The van der Waals surface area contributed by atoms with Crippen LogP contribution in [-0.2, 0) is 11.3 Å². The zero-order chi connectivity index (χ0) is 13.8. The van der Waals surface area contributed by atoms with Gasteiger partial charge in [-0.3, -0.25) is 0 Å². The molecule has 1 heterocycles. The minimum atomic E-state index is -0.0331. The van der Waals surface area contributed by atoms with Gasteiger partial charge in [0.15, 0.2) is 0 Å². The second kappa shape index (κ2) is 6.17. The molecule has 0 saturated heterocycles. The number of aromatic nitrogens is 2. The lowest BCUT2D eigenvalue weighted by Gasteiger charge is -2.19. The van der Waals surface area contributed by atoms with Crippen molar-refractivity contribution in [2.45, 2.75) is 32.9 Å². The Bertz CT molecular complexity index is 535. The molecule has 1 aromatic heterocycles. The first kappa shape index (κ1) is 14.0. The average molecular weight is 261 g/mol. The number of benzene rings is 1. The second-order valence-electron chi connectivity index (χ2n) is 5.01. The molecule has 2 N–H and O–H groups in total. The molecule has 0 aliphatic heterocycles. The molecule has 4 heteroatoms. The molecule has 4 nitrogen and oxygen atoms in total. The standard InChI is InChI=1S/C15H23N3O/c1-4-11(2)14(16)15-17-12-7-5-6-8-13(12)18(15)9-10-19-3/h5-8,11,14H,4,9-10,16H2,1-3H3. The van der Waals surface area contributed by atoms with Crippen molar-refractivity contribution in [3.8, 4) is 0 Å². The van der Waals surface area contributed by atoms with Crippen molar-refractivity contribution in [3.05, 3.63) is 30.1 Å². The van der Waals surface area contributed by atoms with Crippen molar-refractivity contribution in [2.24, 2.45) is 11.7 Å². The third kappa shape index (κ3) is 2.80. The molecule has 2 rings (SSSR count). The summed E-state index contributed by atoms with van der Waals surface area (Å²) < 4.78 is 7.39. The van der Waals surface area contributed by atoms with E-state index in [1.165, 1.54) is 0 Å². The van der Waals surface area contributed by atoms with E-state index in [1.54, 1.807) is 7.11 Å². The number of ether oxygens (including phenoxy) is 1. The Hall–Kier alpha value is -1.39. The van der Waals surface area contributed by atoms with Crippen LogP contribution in [0.1, 0.15) is 32.1 Å². The van der Waals surface area contributed by atoms with Gasteiger partial charge in [0.2, 0.25) is 0 Å². The molecular weight excluding hydrogens is 238 g/mol. The Balaban J connectivity index is 2.45. The zero-order valence-corrected chi connectivity index (χ0v) is 12.0. The third-order valence-corrected chi connectivity index (χ3v) is 3.76. The van der Waals surface area contributed by atoms with Crippen LogP contribution in [0.4, 0.5) is 0 Å². The van der Waals surface area contributed by atoms with E-state index in [-0.39, 0.29) is 6.04 Å². The van der Waals surface area contributed by atoms with Gasteiger partial charge in [-0.05, 0) is 18.1 Å². The van der Waals surface area contributed by atoms with Gasteiger partial charge >= 0.3 is 0 Å². The molecular formula is C15H23N3O. The molecule has 0 radical (unpaired) electrons. The SMILES string of the molecule is CCC(C)C(N)c1nc2ccccc2n1CCOC. The van der Waals surface area contributed by atoms with E-state index in [9.17, 15) is 0 Å². The van der Waals surface area contributed by atoms with Gasteiger partial charge in [0.25, 0.3) is 0 Å². The monoisotopic (exact) mass is 261 g/mol. The smallest absolute Gasteiger partial charge is 0.127 e. The molecule has 2 aromatic rings. The number of fused-ring (bicyclic) bond motifs is 1. The summed E-state index contributed by atoms with van der Waals surface area (Å²) in [7, 11) is 1.72. The van der Waals surface area contributed by atoms with Crippen molar-refractivity contribution >= 4 is 11.0 Å². The Morgan fingerprint density at radius 3 is 2.79 bits per heavy atom. The van der Waals surface area contributed by atoms with E-state index >= 15 is 0 Å². The van der Waals surface area contributed by atoms with Crippen LogP contribution in [0.25, 0.3) is 11.0 Å². The largest absolute Gasteiger partial charge is 0.383 e. The summed E-state index contributed by atoms with van der Waals surface area (Å²) in [6, 6.07) is 8.13. The summed E-state index contributed by atoms with van der Waals surface area (Å²) >= 11 is 0. The first-order valence-electron chi connectivity index (χ1n) is 6.88. The van der Waals surface area contributed by atoms with Gasteiger partial charge in [-0.1, -0.05) is 32.4 Å². The molecule has 0 saturated carbocycles. The highest BCUT2D eigenvalue weighted by atomic mass is 16.5. The fourth-order valence-corrected chi connectivity index (χ4v) is 2.27. The van der Waals surface area contributed by atoms with Gasteiger partial charge in [0, 0.05) is 13.7 Å². The molecule has 2 atom stereocenters. The third-order valence-electron chi connectivity index (χ3n) is 3.76. The maximum Gasteiger partial charge on any atom is 0.127 e. The highest BCUT2D eigenvalue weighted by Crippen LogP contribution is 2.25. The fraction of sp³-hybridized carbons (Fsp3) is 0.533. The van der Waals surface area contributed by atoms with Crippen LogP contribution in [0.3, 0.4) is 0 Å². The lowest BCUT2D eigenvalue weighted by Crippen LogP contribution is -2.23. The number of hydrogen-bond donors (Lipinski definition) is 1. The van der Waals surface area contributed by atoms with Crippen molar-refractivity contribution in [3.63, 3.8) is 0 Å². The second-order valence-corrected chi connectivity index (χ2v) is 5.01. The van der Waals surface area contributed by atoms with E-state index in [2.05, 4.69) is 24.5 Å². The first-order valence-corrected chi connectivity index (χ1v) is 6.88. The van der Waals surface area contributed by atoms with Gasteiger partial charge < -0.3 is 15.0 Å². The summed E-state index contributed by atoms with van der Waals surface area (Å²) in [5, 5.41) is 0. The number of imidazole rings is 1. The molecule has 0 spiro atoms. The Labute approximate surface area is 114 Å². The van der Waals surface area contributed by atoms with Crippen LogP contribution < -0.4 is 5.73 Å². The van der Waals surface area contributed by atoms with Crippen LogP contribution in [0.15, 0.2) is 24.3 Å². The Morgan fingerprint density at radius 2 is 2.11 bits per heavy atom. The van der Waals surface area contributed by atoms with E-state index in [0.717, 1.165) is 29.8 Å². The quantitative estimate of drug-likeness (QED) is 0.870. The summed E-state index contributed by atoms with van der Waals surface area (Å²) in [4.78, 5) is 4.72. The molecule has 1 aromatic carbocycles. The topological polar surface area (TPSA) is 53.1 Å². The average Bonchev–Trinajstić information content (AvgIpc) is 2.82. The number of hydrogen-bond acceptors (Lipinski definition) is 3. The highest BCUT2D eigenvalue weighted by molar-refractivity contribution is 5.76. The predicted octanol–water partition coefficient (Wildman–Crippen LogP) is 2.73. The van der Waals surface area contributed by atoms with Gasteiger partial charge in [-0.25, -0.2) is 4.98 Å². The number of rotatable bonds is 6. The zero-order valence-electron chi connectivity index (χ0n) is 12.0. The summed E-state index contributed by atoms with van der Waals surface area (Å²) in [6.45, 7) is 5.79. The highest BCUT2D eigenvalue weighted by Gasteiger charge is 2.20. The van der Waals surface area contributed by atoms with E-state index < -0.39 is 0 Å². The van der Waals surface area contributed by atoms with E-state index in [4.69, 9.17) is 15.5 Å². The minimum absolute atomic E-state index is 0.0331. The normalized spacial score (nSPS) is 14.7. The molecule has 104 valence electrons. The number of nitrogens with two attached hydrogens (primary N) is 1. The Morgan fingerprint density at radius 1 is 1.37 bits per heavy atom. The fourth-order valence-electron chi connectivity index (χ4n) is 2.27. The van der Waals surface area contributed by atoms with Gasteiger partial charge in [-0.15, -0.1) is 0 Å². The van der Waals surface area contributed by atoms with Crippen LogP contribution >= 0.6 is 0 Å². The molecule has 0 aliphatic rings. The van der Waals surface area contributed by atoms with Gasteiger partial charge in [0.1, 0.15) is 5.82 Å². The van der Waals surface area contributed by atoms with Gasteiger partial charge in [-0.2, -0.15) is 0 Å². The lowest BCUT2D eigenvalue weighted by atomic mass is 9.99. The van der Waals surface area contributed by atoms with Crippen molar-refractivity contribution in [1.29, 1.82) is 0 Å². The lowest BCUT2D eigenvalue weighted by molar-refractivity contribution is 0.186. The molecule has 2 unspecified atom stereocenters. The molecule has 19 heavy (non-hydrogen) atoms. The maximum atomic E-state index is 6.36. The number of methoxy groups -OCH3 is 1. The van der Waals surface area contributed by atoms with E-state index in [1.807, 2.05) is 18.2 Å². The molecule has 0 amide bonds. The summed E-state index contributed by atoms with van der Waals surface area (Å²) in [5.41, 5.74) is 8.50. The van der Waals surface area contributed by atoms with Crippen molar-refractivity contribution in [1.82, 2.24) is 9.55 Å². The van der Waals surface area contributed by atoms with Crippen molar-refractivity contribution in [2.75, 3.05) is 13.7 Å². The first-order chi connectivity index (χ1) is 9.19. The van der Waals surface area contributed by atoms with E-state index in [0.29, 0.717) is 12.5 Å². The van der Waals surface area contributed by atoms with Crippen LogP contribution in [0.2, 0.25) is 0 Å². The number of para-hydroxylation sites is 2. The van der Waals surface area contributed by atoms with Crippen LogP contribution in [-0.4, -0.2) is 23.3 Å². The predicted molar refractivity (Wildman–Crippen MR) is 78.0 cm³/mol. The Kier molecular flexibility index (Phi) is 4.56. The maximum absolute atomic E-state index is 6.36. The molecule has 0 fully saturated rings. The van der Waals surface area contributed by atoms with Crippen LogP contribution in [0.5, 0.6) is 0 Å². The molecule has 0 bridgehead atoms.